The van der Waals surface area contributed by atoms with Crippen molar-refractivity contribution in [2.24, 2.45) is 5.92 Å². The first-order valence-electron chi connectivity index (χ1n) is 7.61. The maximum absolute atomic E-state index is 13.8. The fourth-order valence-electron chi connectivity index (χ4n) is 2.55. The van der Waals surface area contributed by atoms with Crippen LogP contribution in [0.2, 0.25) is 0 Å². The fourth-order valence-corrected chi connectivity index (χ4v) is 2.55. The number of urea groups is 1. The van der Waals surface area contributed by atoms with E-state index in [2.05, 4.69) is 5.32 Å². The minimum Gasteiger partial charge on any atom is -0.481 e. The van der Waals surface area contributed by atoms with Crippen LogP contribution in [0.15, 0.2) is 24.3 Å². The maximum atomic E-state index is 13.8. The number of nitrogens with zero attached hydrogens (tertiary/aromatic N) is 2. The van der Waals surface area contributed by atoms with E-state index in [0.717, 1.165) is 0 Å². The number of benzene rings is 1. The lowest BCUT2D eigenvalue weighted by Crippen LogP contribution is -2.48. The van der Waals surface area contributed by atoms with E-state index in [4.69, 9.17) is 5.11 Å². The van der Waals surface area contributed by atoms with E-state index < -0.39 is 29.8 Å². The summed E-state index contributed by atoms with van der Waals surface area (Å²) in [5.41, 5.74) is 0.187. The third-order valence-corrected chi connectivity index (χ3v) is 3.96. The Morgan fingerprint density at radius 3 is 2.75 bits per heavy atom. The first kappa shape index (κ1) is 17.7. The third kappa shape index (κ3) is 3.81. The summed E-state index contributed by atoms with van der Waals surface area (Å²) in [6.07, 6.45) is 0.362. The molecule has 2 N–H and O–H groups in total. The van der Waals surface area contributed by atoms with Gasteiger partial charge in [-0.25, -0.2) is 9.18 Å². The first-order chi connectivity index (χ1) is 11.3. The van der Waals surface area contributed by atoms with Gasteiger partial charge in [-0.15, -0.1) is 0 Å². The highest BCUT2D eigenvalue weighted by molar-refractivity contribution is 6.01. The summed E-state index contributed by atoms with van der Waals surface area (Å²) in [4.78, 5) is 37.8. The van der Waals surface area contributed by atoms with E-state index in [9.17, 15) is 18.8 Å². The van der Waals surface area contributed by atoms with Crippen LogP contribution in [0, 0.1) is 11.7 Å². The molecule has 0 aromatic heterocycles. The van der Waals surface area contributed by atoms with Crippen LogP contribution < -0.4 is 10.2 Å². The van der Waals surface area contributed by atoms with Gasteiger partial charge in [0.1, 0.15) is 11.9 Å². The average Bonchev–Trinajstić information content (AvgIpc) is 2.88. The van der Waals surface area contributed by atoms with Gasteiger partial charge >= 0.3 is 12.0 Å². The van der Waals surface area contributed by atoms with Crippen LogP contribution in [0.4, 0.5) is 14.9 Å². The zero-order valence-electron chi connectivity index (χ0n) is 13.5. The zero-order valence-corrected chi connectivity index (χ0v) is 13.5. The molecule has 1 aromatic carbocycles. The normalized spacial score (nSPS) is 18.4. The largest absolute Gasteiger partial charge is 0.481 e. The van der Waals surface area contributed by atoms with Gasteiger partial charge in [-0.05, 0) is 18.6 Å². The van der Waals surface area contributed by atoms with Gasteiger partial charge in [0.15, 0.2) is 0 Å². The van der Waals surface area contributed by atoms with Crippen LogP contribution in [0.25, 0.3) is 0 Å². The molecule has 3 amide bonds. The molecule has 2 unspecified atom stereocenters. The summed E-state index contributed by atoms with van der Waals surface area (Å²) >= 11 is 0. The lowest BCUT2D eigenvalue weighted by Gasteiger charge is -2.22. The lowest BCUT2D eigenvalue weighted by atomic mass is 10.2. The highest BCUT2D eigenvalue weighted by Crippen LogP contribution is 2.24. The quantitative estimate of drug-likeness (QED) is 0.847. The monoisotopic (exact) mass is 337 g/mol. The number of carboxylic acid groups (broad SMARTS) is 1. The smallest absolute Gasteiger partial charge is 0.317 e. The van der Waals surface area contributed by atoms with E-state index in [0.29, 0.717) is 13.0 Å². The van der Waals surface area contributed by atoms with Crippen molar-refractivity contribution in [2.75, 3.05) is 25.0 Å². The first-order valence-corrected chi connectivity index (χ1v) is 7.61. The number of carbonyl (C=O) groups excluding carboxylic acids is 2. The van der Waals surface area contributed by atoms with Gasteiger partial charge in [-0.3, -0.25) is 9.59 Å². The van der Waals surface area contributed by atoms with Crippen molar-refractivity contribution in [1.29, 1.82) is 0 Å². The van der Waals surface area contributed by atoms with E-state index in [-0.39, 0.29) is 18.1 Å². The molecule has 0 saturated carbocycles. The molecule has 1 aliphatic rings. The number of rotatable bonds is 5. The van der Waals surface area contributed by atoms with E-state index in [1.807, 2.05) is 0 Å². The third-order valence-electron chi connectivity index (χ3n) is 3.96. The molecule has 0 radical (unpaired) electrons. The van der Waals surface area contributed by atoms with Crippen molar-refractivity contribution in [3.8, 4) is 0 Å². The Balaban J connectivity index is 1.97. The molecule has 1 heterocycles. The number of anilines is 1. The van der Waals surface area contributed by atoms with E-state index in [1.165, 1.54) is 42.0 Å². The van der Waals surface area contributed by atoms with Gasteiger partial charge in [0.25, 0.3) is 0 Å². The molecule has 7 nitrogen and oxygen atoms in total. The molecule has 130 valence electrons. The SMILES string of the molecule is CC(CN(C)C(=O)NC1CCN(c2ccccc2F)C1=O)C(=O)O. The standard InChI is InChI=1S/C16H20FN3O4/c1-10(15(22)23)9-19(2)16(24)18-12-7-8-20(14(12)21)13-6-4-3-5-11(13)17/h3-6,10,12H,7-9H2,1-2H3,(H,18,24)(H,22,23). The van der Waals surface area contributed by atoms with Crippen molar-refractivity contribution < 1.29 is 23.9 Å². The highest BCUT2D eigenvalue weighted by Gasteiger charge is 2.35. The molecule has 1 aliphatic heterocycles. The molecule has 24 heavy (non-hydrogen) atoms. The van der Waals surface area contributed by atoms with Crippen molar-refractivity contribution in [3.63, 3.8) is 0 Å². The molecule has 1 fully saturated rings. The Morgan fingerprint density at radius 1 is 1.46 bits per heavy atom. The van der Waals surface area contributed by atoms with Gasteiger partial charge in [-0.2, -0.15) is 0 Å². The topological polar surface area (TPSA) is 90.0 Å². The van der Waals surface area contributed by atoms with Gasteiger partial charge in [0.05, 0.1) is 11.6 Å². The zero-order chi connectivity index (χ0) is 17.9. The second-order valence-corrected chi connectivity index (χ2v) is 5.85. The van der Waals surface area contributed by atoms with Gasteiger partial charge in [0, 0.05) is 20.1 Å². The fraction of sp³-hybridized carbons (Fsp3) is 0.438. The summed E-state index contributed by atoms with van der Waals surface area (Å²) in [5, 5.41) is 11.4. The number of carbonyl (C=O) groups is 3. The Bertz CT molecular complexity index is 652. The minimum atomic E-state index is -1.00. The van der Waals surface area contributed by atoms with Crippen LogP contribution >= 0.6 is 0 Å². The number of nitrogens with one attached hydrogen (secondary N) is 1. The summed E-state index contributed by atoms with van der Waals surface area (Å²) < 4.78 is 13.8. The predicted molar refractivity (Wildman–Crippen MR) is 85.1 cm³/mol. The molecular weight excluding hydrogens is 317 g/mol. The molecule has 8 heteroatoms. The van der Waals surface area contributed by atoms with Gasteiger partial charge in [-0.1, -0.05) is 19.1 Å². The summed E-state index contributed by atoms with van der Waals surface area (Å²) in [6, 6.07) is 4.68. The molecule has 2 atom stereocenters. The number of halogens is 1. The molecule has 2 rings (SSSR count). The van der Waals surface area contributed by atoms with Crippen LogP contribution in [0.3, 0.4) is 0 Å². The second-order valence-electron chi connectivity index (χ2n) is 5.85. The molecule has 1 aromatic rings. The summed E-state index contributed by atoms with van der Waals surface area (Å²) in [6.45, 7) is 1.83. The second kappa shape index (κ2) is 7.29. The number of aliphatic carboxylic acids is 1. The van der Waals surface area contributed by atoms with Crippen molar-refractivity contribution >= 4 is 23.6 Å². The molecule has 0 aliphatic carbocycles. The van der Waals surface area contributed by atoms with E-state index >= 15 is 0 Å². The highest BCUT2D eigenvalue weighted by atomic mass is 19.1. The number of hydrogen-bond acceptors (Lipinski definition) is 3. The summed E-state index contributed by atoms with van der Waals surface area (Å²) in [5.74, 6) is -2.59. The molecule has 0 bridgehead atoms. The molecular formula is C16H20FN3O4. The number of para-hydroxylation sites is 1. The Labute approximate surface area is 139 Å². The lowest BCUT2D eigenvalue weighted by molar-refractivity contribution is -0.141. The molecule has 1 saturated heterocycles. The predicted octanol–water partition coefficient (Wildman–Crippen LogP) is 1.29. The number of hydrogen-bond donors (Lipinski definition) is 2. The maximum Gasteiger partial charge on any atom is 0.317 e. The Morgan fingerprint density at radius 2 is 2.12 bits per heavy atom. The van der Waals surface area contributed by atoms with Crippen LogP contribution in [-0.4, -0.2) is 54.1 Å². The minimum absolute atomic E-state index is 0.0269. The van der Waals surface area contributed by atoms with Gasteiger partial charge in [0.2, 0.25) is 5.91 Å². The van der Waals surface area contributed by atoms with Crippen molar-refractivity contribution in [3.05, 3.63) is 30.1 Å². The summed E-state index contributed by atoms with van der Waals surface area (Å²) in [7, 11) is 1.46. The van der Waals surface area contributed by atoms with Crippen LogP contribution in [0.1, 0.15) is 13.3 Å². The Hall–Kier alpha value is -2.64. The van der Waals surface area contributed by atoms with Gasteiger partial charge < -0.3 is 20.2 Å². The van der Waals surface area contributed by atoms with Crippen molar-refractivity contribution in [2.45, 2.75) is 19.4 Å². The number of amides is 3. The van der Waals surface area contributed by atoms with Crippen LogP contribution in [-0.2, 0) is 9.59 Å². The van der Waals surface area contributed by atoms with Crippen LogP contribution in [0.5, 0.6) is 0 Å². The van der Waals surface area contributed by atoms with E-state index in [1.54, 1.807) is 6.07 Å². The Kier molecular flexibility index (Phi) is 5.38. The van der Waals surface area contributed by atoms with Crippen molar-refractivity contribution in [1.82, 2.24) is 10.2 Å². The molecule has 0 spiro atoms. The average molecular weight is 337 g/mol. The number of carboxylic acids is 1.